The lowest BCUT2D eigenvalue weighted by atomic mass is 9.80. The quantitative estimate of drug-likeness (QED) is 0.198. The van der Waals surface area contributed by atoms with Crippen LogP contribution >= 0.6 is 0 Å². The molecule has 1 saturated carbocycles. The van der Waals surface area contributed by atoms with E-state index in [4.69, 9.17) is 23.4 Å². The number of methoxy groups -OCH3 is 1. The molecule has 3 atom stereocenters. The van der Waals surface area contributed by atoms with Gasteiger partial charge in [-0.1, -0.05) is 26.8 Å². The first kappa shape index (κ1) is 23.1. The lowest BCUT2D eigenvalue weighted by Gasteiger charge is -2.43. The van der Waals surface area contributed by atoms with Crippen molar-refractivity contribution in [3.8, 4) is 0 Å². The van der Waals surface area contributed by atoms with Crippen LogP contribution in [0.1, 0.15) is 47.0 Å². The molecule has 1 heterocycles. The summed E-state index contributed by atoms with van der Waals surface area (Å²) in [6.45, 7) is 12.9. The topological polar surface area (TPSA) is 80.3 Å². The Kier molecular flexibility index (Phi) is 7.12. The summed E-state index contributed by atoms with van der Waals surface area (Å²) < 4.78 is 28.0. The first-order valence-electron chi connectivity index (χ1n) is 9.77. The van der Waals surface area contributed by atoms with E-state index in [-0.39, 0.29) is 17.9 Å². The molecule has 7 nitrogen and oxygen atoms in total. The number of hydrogen-bond acceptors (Lipinski definition) is 7. The van der Waals surface area contributed by atoms with E-state index in [1.54, 1.807) is 7.11 Å². The molecule has 28 heavy (non-hydrogen) atoms. The van der Waals surface area contributed by atoms with Crippen molar-refractivity contribution in [2.45, 2.75) is 82.9 Å². The minimum absolute atomic E-state index is 0.00957. The van der Waals surface area contributed by atoms with Gasteiger partial charge >= 0.3 is 11.9 Å². The molecular weight excluding hydrogens is 380 g/mol. The van der Waals surface area contributed by atoms with Gasteiger partial charge in [-0.25, -0.2) is 4.79 Å². The van der Waals surface area contributed by atoms with Crippen LogP contribution in [0.15, 0.2) is 11.6 Å². The molecule has 0 radical (unpaired) electrons. The summed E-state index contributed by atoms with van der Waals surface area (Å²) in [4.78, 5) is 24.2. The van der Waals surface area contributed by atoms with Crippen LogP contribution in [0.3, 0.4) is 0 Å². The van der Waals surface area contributed by atoms with Crippen molar-refractivity contribution in [1.29, 1.82) is 0 Å². The SMILES string of the molecule is COCOCC/C=C1\[C@H]2C[C@@](OC(C)=O)(C[C@H]1O[Si](C)(C)C(C)(C)C)C(=O)O2. The smallest absolute Gasteiger partial charge is 0.351 e. The van der Waals surface area contributed by atoms with Gasteiger partial charge in [0.05, 0.1) is 12.7 Å². The Labute approximate surface area is 168 Å². The van der Waals surface area contributed by atoms with Gasteiger partial charge in [0.15, 0.2) is 8.32 Å². The average molecular weight is 415 g/mol. The van der Waals surface area contributed by atoms with Gasteiger partial charge in [-0.2, -0.15) is 0 Å². The fourth-order valence-electron chi connectivity index (χ4n) is 3.39. The van der Waals surface area contributed by atoms with Crippen LogP contribution in [0.25, 0.3) is 0 Å². The number of esters is 2. The van der Waals surface area contributed by atoms with Crippen molar-refractivity contribution in [2.24, 2.45) is 0 Å². The number of carbonyl (C=O) groups is 2. The van der Waals surface area contributed by atoms with Crippen LogP contribution in [0.2, 0.25) is 18.1 Å². The van der Waals surface area contributed by atoms with E-state index in [2.05, 4.69) is 33.9 Å². The van der Waals surface area contributed by atoms with Crippen LogP contribution in [0.4, 0.5) is 0 Å². The molecule has 2 rings (SSSR count). The molecule has 160 valence electrons. The fraction of sp³-hybridized carbons (Fsp3) is 0.800. The Balaban J connectivity index is 2.27. The zero-order valence-electron chi connectivity index (χ0n) is 18.1. The lowest BCUT2D eigenvalue weighted by molar-refractivity contribution is -0.172. The average Bonchev–Trinajstić information content (AvgIpc) is 2.79. The van der Waals surface area contributed by atoms with Crippen LogP contribution < -0.4 is 0 Å². The first-order chi connectivity index (χ1) is 12.9. The number of carbonyl (C=O) groups excluding carboxylic acids is 2. The van der Waals surface area contributed by atoms with Gasteiger partial charge in [-0.15, -0.1) is 0 Å². The van der Waals surface area contributed by atoms with E-state index < -0.39 is 32.0 Å². The highest BCUT2D eigenvalue weighted by Crippen LogP contribution is 2.47. The summed E-state index contributed by atoms with van der Waals surface area (Å²) in [6, 6.07) is 0. The molecule has 2 fully saturated rings. The number of ether oxygens (including phenoxy) is 4. The zero-order valence-corrected chi connectivity index (χ0v) is 19.1. The van der Waals surface area contributed by atoms with Gasteiger partial charge < -0.3 is 23.4 Å². The largest absolute Gasteiger partial charge is 0.455 e. The highest BCUT2D eigenvalue weighted by molar-refractivity contribution is 6.74. The summed E-state index contributed by atoms with van der Waals surface area (Å²) in [5.74, 6) is -0.959. The number of fused-ring (bicyclic) bond motifs is 2. The molecule has 1 saturated heterocycles. The van der Waals surface area contributed by atoms with Crippen molar-refractivity contribution in [3.05, 3.63) is 11.6 Å². The lowest BCUT2D eigenvalue weighted by Crippen LogP contribution is -2.51. The monoisotopic (exact) mass is 414 g/mol. The van der Waals surface area contributed by atoms with Crippen molar-refractivity contribution < 1.29 is 33.0 Å². The summed E-state index contributed by atoms with van der Waals surface area (Å²) in [5, 5.41) is 0.00957. The summed E-state index contributed by atoms with van der Waals surface area (Å²) in [5.41, 5.74) is -0.299. The van der Waals surface area contributed by atoms with Crippen LogP contribution in [-0.4, -0.2) is 58.6 Å². The van der Waals surface area contributed by atoms with Gasteiger partial charge in [0.1, 0.15) is 12.9 Å². The van der Waals surface area contributed by atoms with E-state index in [0.29, 0.717) is 25.9 Å². The Morgan fingerprint density at radius 2 is 2.00 bits per heavy atom. The van der Waals surface area contributed by atoms with Crippen LogP contribution in [-0.2, 0) is 33.0 Å². The molecule has 8 heteroatoms. The van der Waals surface area contributed by atoms with Crippen LogP contribution in [0, 0.1) is 0 Å². The fourth-order valence-corrected chi connectivity index (χ4v) is 4.68. The van der Waals surface area contributed by atoms with Crippen molar-refractivity contribution >= 4 is 20.3 Å². The van der Waals surface area contributed by atoms with Crippen molar-refractivity contribution in [2.75, 3.05) is 20.5 Å². The standard InChI is InChI=1S/C20H34O7Si/c1-14(21)26-20-11-16(25-18(20)22)15(9-8-10-24-13-23-5)17(12-20)27-28(6,7)19(2,3)4/h9,16-17H,8,10-13H2,1-7H3/b15-9+/t16-,17-,20-/m1/s1. The Bertz CT molecular complexity index is 623. The van der Waals surface area contributed by atoms with Gasteiger partial charge in [-0.05, 0) is 30.1 Å². The second-order valence-electron chi connectivity index (χ2n) is 9.06. The van der Waals surface area contributed by atoms with E-state index in [9.17, 15) is 9.59 Å². The molecule has 0 N–H and O–H groups in total. The van der Waals surface area contributed by atoms with Crippen molar-refractivity contribution in [3.63, 3.8) is 0 Å². The third kappa shape index (κ3) is 5.03. The first-order valence-corrected chi connectivity index (χ1v) is 12.7. The normalized spacial score (nSPS) is 29.1. The number of hydrogen-bond donors (Lipinski definition) is 0. The van der Waals surface area contributed by atoms with Gasteiger partial charge in [0, 0.05) is 26.9 Å². The number of rotatable bonds is 8. The van der Waals surface area contributed by atoms with Gasteiger partial charge in [-0.3, -0.25) is 4.79 Å². The van der Waals surface area contributed by atoms with Gasteiger partial charge in [0.2, 0.25) is 5.60 Å². The minimum Gasteiger partial charge on any atom is -0.455 e. The van der Waals surface area contributed by atoms with E-state index in [1.165, 1.54) is 6.92 Å². The maximum Gasteiger partial charge on any atom is 0.351 e. The maximum absolute atomic E-state index is 12.6. The molecule has 0 unspecified atom stereocenters. The summed E-state index contributed by atoms with van der Waals surface area (Å²) in [7, 11) is -0.541. The minimum atomic E-state index is -2.12. The molecule has 0 amide bonds. The Morgan fingerprint density at radius 1 is 1.32 bits per heavy atom. The van der Waals surface area contributed by atoms with Crippen molar-refractivity contribution in [1.82, 2.24) is 0 Å². The molecule has 0 aromatic rings. The molecule has 0 aromatic carbocycles. The molecule has 1 aliphatic heterocycles. The van der Waals surface area contributed by atoms with E-state index >= 15 is 0 Å². The molecule has 2 aliphatic rings. The highest BCUT2D eigenvalue weighted by Gasteiger charge is 2.60. The third-order valence-corrected chi connectivity index (χ3v) is 10.3. The van der Waals surface area contributed by atoms with E-state index in [0.717, 1.165) is 5.57 Å². The van der Waals surface area contributed by atoms with E-state index in [1.807, 2.05) is 6.08 Å². The molecule has 0 spiro atoms. The van der Waals surface area contributed by atoms with Crippen LogP contribution in [0.5, 0.6) is 0 Å². The summed E-state index contributed by atoms with van der Waals surface area (Å²) >= 11 is 0. The molecular formula is C20H34O7Si. The zero-order chi connectivity index (χ0) is 21.2. The Hall–Kier alpha value is -1.22. The second-order valence-corrected chi connectivity index (χ2v) is 13.8. The molecule has 0 aromatic heterocycles. The maximum atomic E-state index is 12.6. The molecule has 1 aliphatic carbocycles. The van der Waals surface area contributed by atoms with Gasteiger partial charge in [0.25, 0.3) is 0 Å². The second kappa shape index (κ2) is 8.65. The predicted octanol–water partition coefficient (Wildman–Crippen LogP) is 3.33. The third-order valence-electron chi connectivity index (χ3n) is 5.82. The predicted molar refractivity (Wildman–Crippen MR) is 106 cm³/mol. The molecule has 2 bridgehead atoms. The Morgan fingerprint density at radius 3 is 2.57 bits per heavy atom. The summed E-state index contributed by atoms with van der Waals surface area (Å²) in [6.07, 6.45) is 2.57. The highest BCUT2D eigenvalue weighted by atomic mass is 28.4.